The molecule has 1 heterocycles. The fourth-order valence-electron chi connectivity index (χ4n) is 3.46. The summed E-state index contributed by atoms with van der Waals surface area (Å²) in [7, 11) is -3.55. The van der Waals surface area contributed by atoms with Gasteiger partial charge in [-0.3, -0.25) is 13.9 Å². The molecule has 1 amide bonds. The van der Waals surface area contributed by atoms with Crippen LogP contribution in [0.25, 0.3) is 0 Å². The Morgan fingerprint density at radius 3 is 2.62 bits per heavy atom. The highest BCUT2D eigenvalue weighted by molar-refractivity contribution is 7.92. The lowest BCUT2D eigenvalue weighted by molar-refractivity contribution is -0.134. The van der Waals surface area contributed by atoms with Crippen LogP contribution in [0.5, 0.6) is 0 Å². The first-order valence-electron chi connectivity index (χ1n) is 9.12. The van der Waals surface area contributed by atoms with Crippen LogP contribution in [0.4, 0.5) is 5.69 Å². The van der Waals surface area contributed by atoms with Crippen LogP contribution >= 0.6 is 0 Å². The number of amides is 1. The fraction of sp³-hybridized carbons (Fsp3) is 0.579. The Morgan fingerprint density at radius 2 is 2.00 bits per heavy atom. The van der Waals surface area contributed by atoms with Gasteiger partial charge in [-0.25, -0.2) is 8.42 Å². The van der Waals surface area contributed by atoms with E-state index in [2.05, 4.69) is 6.92 Å². The second-order valence-corrected chi connectivity index (χ2v) is 8.74. The Labute approximate surface area is 156 Å². The van der Waals surface area contributed by atoms with E-state index in [9.17, 15) is 18.0 Å². The molecule has 0 N–H and O–H groups in total. The Balaban J connectivity index is 2.15. The molecule has 2 rings (SSSR count). The molecule has 26 heavy (non-hydrogen) atoms. The second-order valence-electron chi connectivity index (χ2n) is 6.84. The molecule has 0 bridgehead atoms. The molecule has 1 aromatic rings. The number of hydrogen-bond acceptors (Lipinski definition) is 4. The maximum absolute atomic E-state index is 12.7. The van der Waals surface area contributed by atoms with Crippen LogP contribution in [-0.4, -0.2) is 50.4 Å². The van der Waals surface area contributed by atoms with E-state index in [0.29, 0.717) is 11.3 Å². The minimum absolute atomic E-state index is 0.00655. The van der Waals surface area contributed by atoms with Crippen LogP contribution in [0.3, 0.4) is 0 Å². The van der Waals surface area contributed by atoms with Gasteiger partial charge in [0, 0.05) is 31.1 Å². The monoisotopic (exact) mass is 380 g/mol. The van der Waals surface area contributed by atoms with Crippen molar-refractivity contribution in [1.82, 2.24) is 4.90 Å². The average Bonchev–Trinajstić information content (AvgIpc) is 2.60. The van der Waals surface area contributed by atoms with Gasteiger partial charge in [0.1, 0.15) is 0 Å². The summed E-state index contributed by atoms with van der Waals surface area (Å²) in [4.78, 5) is 26.1. The van der Waals surface area contributed by atoms with E-state index in [4.69, 9.17) is 0 Å². The van der Waals surface area contributed by atoms with Crippen molar-refractivity contribution < 1.29 is 18.0 Å². The van der Waals surface area contributed by atoms with Crippen LogP contribution in [0.2, 0.25) is 0 Å². The molecule has 1 atom stereocenters. The quantitative estimate of drug-likeness (QED) is 0.682. The number of piperidine rings is 1. The number of anilines is 1. The molecule has 1 fully saturated rings. The molecular weight excluding hydrogens is 352 g/mol. The van der Waals surface area contributed by atoms with Gasteiger partial charge < -0.3 is 4.90 Å². The lowest BCUT2D eigenvalue weighted by Crippen LogP contribution is -2.44. The SMILES string of the molecule is CCC1CCCCN1C(=O)CCN(c1cccc(C(C)=O)c1)S(C)(=O)=O. The van der Waals surface area contributed by atoms with Crippen LogP contribution in [0, 0.1) is 0 Å². The molecule has 1 aliphatic rings. The predicted molar refractivity (Wildman–Crippen MR) is 103 cm³/mol. The first-order chi connectivity index (χ1) is 12.2. The molecule has 7 heteroatoms. The highest BCUT2D eigenvalue weighted by Crippen LogP contribution is 2.23. The first-order valence-corrected chi connectivity index (χ1v) is 11.0. The summed E-state index contributed by atoms with van der Waals surface area (Å²) >= 11 is 0. The van der Waals surface area contributed by atoms with Gasteiger partial charge in [0.05, 0.1) is 11.9 Å². The summed E-state index contributed by atoms with van der Waals surface area (Å²) in [6, 6.07) is 6.77. The molecule has 1 saturated heterocycles. The van der Waals surface area contributed by atoms with Gasteiger partial charge in [-0.1, -0.05) is 19.1 Å². The number of benzene rings is 1. The van der Waals surface area contributed by atoms with E-state index >= 15 is 0 Å². The fourth-order valence-corrected chi connectivity index (χ4v) is 4.38. The molecule has 0 radical (unpaired) electrons. The van der Waals surface area contributed by atoms with E-state index in [1.54, 1.807) is 24.3 Å². The molecule has 144 valence electrons. The van der Waals surface area contributed by atoms with Gasteiger partial charge >= 0.3 is 0 Å². The molecular formula is C19H28N2O4S. The average molecular weight is 381 g/mol. The van der Waals surface area contributed by atoms with Gasteiger partial charge in [0.15, 0.2) is 5.78 Å². The van der Waals surface area contributed by atoms with Crippen LogP contribution in [0.15, 0.2) is 24.3 Å². The first kappa shape index (κ1) is 20.4. The van der Waals surface area contributed by atoms with E-state index in [-0.39, 0.29) is 30.7 Å². The molecule has 1 unspecified atom stereocenters. The third-order valence-corrected chi connectivity index (χ3v) is 6.08. The highest BCUT2D eigenvalue weighted by Gasteiger charge is 2.26. The topological polar surface area (TPSA) is 74.8 Å². The third kappa shape index (κ3) is 5.06. The normalized spacial score (nSPS) is 17.8. The van der Waals surface area contributed by atoms with E-state index in [0.717, 1.165) is 38.5 Å². The molecule has 1 aromatic carbocycles. The zero-order valence-electron chi connectivity index (χ0n) is 15.8. The molecule has 0 spiro atoms. The van der Waals surface area contributed by atoms with Crippen molar-refractivity contribution >= 4 is 27.4 Å². The van der Waals surface area contributed by atoms with E-state index < -0.39 is 10.0 Å². The minimum atomic E-state index is -3.55. The molecule has 0 aliphatic carbocycles. The maximum Gasteiger partial charge on any atom is 0.232 e. The number of sulfonamides is 1. The minimum Gasteiger partial charge on any atom is -0.340 e. The van der Waals surface area contributed by atoms with Gasteiger partial charge in [0.2, 0.25) is 15.9 Å². The number of nitrogens with zero attached hydrogens (tertiary/aromatic N) is 2. The predicted octanol–water partition coefficient (Wildman–Crippen LogP) is 2.84. The van der Waals surface area contributed by atoms with Gasteiger partial charge in [-0.15, -0.1) is 0 Å². The lowest BCUT2D eigenvalue weighted by atomic mass is 9.99. The van der Waals surface area contributed by atoms with Crippen molar-refractivity contribution in [2.75, 3.05) is 23.7 Å². The van der Waals surface area contributed by atoms with Crippen molar-refractivity contribution in [3.63, 3.8) is 0 Å². The summed E-state index contributed by atoms with van der Waals surface area (Å²) < 4.78 is 25.7. The van der Waals surface area contributed by atoms with Crippen molar-refractivity contribution in [3.8, 4) is 0 Å². The number of hydrogen-bond donors (Lipinski definition) is 0. The van der Waals surface area contributed by atoms with Gasteiger partial charge in [0.25, 0.3) is 0 Å². The summed E-state index contributed by atoms with van der Waals surface area (Å²) in [5, 5.41) is 0. The number of carbonyl (C=O) groups is 2. The van der Waals surface area contributed by atoms with E-state index in [1.165, 1.54) is 11.2 Å². The largest absolute Gasteiger partial charge is 0.340 e. The summed E-state index contributed by atoms with van der Waals surface area (Å²) in [5.74, 6) is -0.136. The van der Waals surface area contributed by atoms with Crippen LogP contribution < -0.4 is 4.31 Å². The number of carbonyl (C=O) groups excluding carboxylic acids is 2. The Hall–Kier alpha value is -1.89. The summed E-state index contributed by atoms with van der Waals surface area (Å²) in [6.45, 7) is 4.34. The van der Waals surface area contributed by atoms with Crippen molar-refractivity contribution in [2.24, 2.45) is 0 Å². The van der Waals surface area contributed by atoms with E-state index in [1.807, 2.05) is 4.90 Å². The highest BCUT2D eigenvalue weighted by atomic mass is 32.2. The lowest BCUT2D eigenvalue weighted by Gasteiger charge is -2.36. The Bertz CT molecular complexity index is 761. The van der Waals surface area contributed by atoms with Crippen molar-refractivity contribution in [2.45, 2.75) is 52.0 Å². The zero-order chi connectivity index (χ0) is 19.3. The zero-order valence-corrected chi connectivity index (χ0v) is 16.6. The summed E-state index contributed by atoms with van der Waals surface area (Å²) in [5.41, 5.74) is 0.864. The molecule has 6 nitrogen and oxygen atoms in total. The standard InChI is InChI=1S/C19H28N2O4S/c1-4-17-9-5-6-12-20(17)19(23)11-13-21(26(3,24)25)18-10-7-8-16(14-18)15(2)22/h7-8,10,14,17H,4-6,9,11-13H2,1-3H3. The second kappa shape index (κ2) is 8.66. The molecule has 0 aromatic heterocycles. The number of likely N-dealkylation sites (tertiary alicyclic amines) is 1. The Morgan fingerprint density at radius 1 is 1.27 bits per heavy atom. The third-order valence-electron chi connectivity index (χ3n) is 4.89. The number of rotatable bonds is 7. The van der Waals surface area contributed by atoms with Crippen molar-refractivity contribution in [1.29, 1.82) is 0 Å². The van der Waals surface area contributed by atoms with Gasteiger partial charge in [-0.2, -0.15) is 0 Å². The molecule has 0 saturated carbocycles. The maximum atomic E-state index is 12.7. The molecule has 1 aliphatic heterocycles. The van der Waals surface area contributed by atoms with Crippen molar-refractivity contribution in [3.05, 3.63) is 29.8 Å². The number of Topliss-reactive ketones (excluding diaryl/α,β-unsaturated/α-hetero) is 1. The Kier molecular flexibility index (Phi) is 6.81. The summed E-state index contributed by atoms with van der Waals surface area (Å²) in [6.07, 6.45) is 5.32. The van der Waals surface area contributed by atoms with Crippen LogP contribution in [0.1, 0.15) is 56.3 Å². The number of ketones is 1. The van der Waals surface area contributed by atoms with Gasteiger partial charge in [-0.05, 0) is 44.7 Å². The van der Waals surface area contributed by atoms with Crippen LogP contribution in [-0.2, 0) is 14.8 Å². The smallest absolute Gasteiger partial charge is 0.232 e.